The van der Waals surface area contributed by atoms with Gasteiger partial charge in [-0.2, -0.15) is 4.98 Å². The van der Waals surface area contributed by atoms with Crippen molar-refractivity contribution in [2.75, 3.05) is 77.5 Å². The van der Waals surface area contributed by atoms with Gasteiger partial charge in [0.2, 0.25) is 5.95 Å². The lowest BCUT2D eigenvalue weighted by atomic mass is 10.1. The quantitative estimate of drug-likeness (QED) is 0.223. The van der Waals surface area contributed by atoms with Crippen LogP contribution in [0.2, 0.25) is 0 Å². The van der Waals surface area contributed by atoms with Gasteiger partial charge in [-0.3, -0.25) is 9.80 Å². The summed E-state index contributed by atoms with van der Waals surface area (Å²) in [5, 5.41) is 8.95. The Bertz CT molecular complexity index is 1720. The lowest BCUT2D eigenvalue weighted by molar-refractivity contribution is 0.251. The van der Waals surface area contributed by atoms with Gasteiger partial charge in [0.1, 0.15) is 11.6 Å². The second-order valence-corrected chi connectivity index (χ2v) is 11.3. The second-order valence-electron chi connectivity index (χ2n) is 11.3. The summed E-state index contributed by atoms with van der Waals surface area (Å²) in [6.45, 7) is 9.70. The maximum absolute atomic E-state index is 13.6. The normalized spacial score (nSPS) is 15.0. The van der Waals surface area contributed by atoms with E-state index in [1.807, 2.05) is 37.3 Å². The highest BCUT2D eigenvalue weighted by molar-refractivity contribution is 6.06. The number of carbonyl (C=O) groups is 2. The van der Waals surface area contributed by atoms with Crippen LogP contribution < -0.4 is 35.4 Å². The van der Waals surface area contributed by atoms with E-state index in [1.54, 1.807) is 49.5 Å². The Morgan fingerprint density at radius 3 is 2.43 bits per heavy atom. The minimum absolute atomic E-state index is 0.233. The van der Waals surface area contributed by atoms with Gasteiger partial charge in [-0.25, -0.2) is 14.6 Å². The number of aromatic nitrogens is 2. The molecule has 6 rings (SSSR count). The van der Waals surface area contributed by atoms with Crippen molar-refractivity contribution in [3.8, 4) is 5.75 Å². The molecule has 0 radical (unpaired) electrons. The monoisotopic (exact) mass is 621 g/mol. The van der Waals surface area contributed by atoms with Crippen molar-refractivity contribution < 1.29 is 14.3 Å². The van der Waals surface area contributed by atoms with E-state index in [9.17, 15) is 9.59 Å². The van der Waals surface area contributed by atoms with Gasteiger partial charge in [0, 0.05) is 62.0 Å². The molecule has 1 saturated heterocycles. The third-order valence-electron chi connectivity index (χ3n) is 8.43. The number of methoxy groups -OCH3 is 1. The number of nitrogens with one attached hydrogen (secondary N) is 3. The predicted octanol–water partition coefficient (Wildman–Crippen LogP) is 5.90. The number of amides is 4. The standard InChI is InChI=1S/C34H39N9O3/c1-5-41-16-18-42(19-17-41)27-14-12-25(13-15-27)36-32-35-21-24-22-43(34(45)40(3)31(24)39-32)29-20-26(11-10-23(29)2)37-33(44)38-28-8-6-7-9-30(28)46-4/h6-15,20-21H,5,16-19,22H2,1-4H3,(H,35,36,39)(H2,37,38,44). The van der Waals surface area contributed by atoms with E-state index in [0.717, 1.165) is 49.5 Å². The van der Waals surface area contributed by atoms with Crippen molar-refractivity contribution in [1.29, 1.82) is 0 Å². The molecule has 1 aromatic heterocycles. The number of nitrogens with zero attached hydrogens (tertiary/aromatic N) is 6. The van der Waals surface area contributed by atoms with Crippen LogP contribution in [0.3, 0.4) is 0 Å². The molecule has 4 amide bonds. The van der Waals surface area contributed by atoms with Crippen LogP contribution >= 0.6 is 0 Å². The number of fused-ring (bicyclic) bond motifs is 1. The van der Waals surface area contributed by atoms with Gasteiger partial charge >= 0.3 is 12.1 Å². The van der Waals surface area contributed by atoms with Gasteiger partial charge in [0.15, 0.2) is 0 Å². The summed E-state index contributed by atoms with van der Waals surface area (Å²) in [6, 6.07) is 20.3. The van der Waals surface area contributed by atoms with E-state index in [2.05, 4.69) is 49.8 Å². The zero-order chi connectivity index (χ0) is 32.2. The maximum atomic E-state index is 13.6. The lowest BCUT2D eigenvalue weighted by Gasteiger charge is -2.35. The number of rotatable bonds is 8. The van der Waals surface area contributed by atoms with E-state index in [4.69, 9.17) is 9.72 Å². The minimum Gasteiger partial charge on any atom is -0.495 e. The molecule has 46 heavy (non-hydrogen) atoms. The summed E-state index contributed by atoms with van der Waals surface area (Å²) < 4.78 is 5.32. The van der Waals surface area contributed by atoms with Crippen LogP contribution in [0.25, 0.3) is 0 Å². The van der Waals surface area contributed by atoms with Crippen LogP contribution in [-0.2, 0) is 6.54 Å². The number of aryl methyl sites for hydroxylation is 1. The van der Waals surface area contributed by atoms with Crippen LogP contribution in [0.1, 0.15) is 18.1 Å². The van der Waals surface area contributed by atoms with E-state index < -0.39 is 6.03 Å². The zero-order valence-corrected chi connectivity index (χ0v) is 26.6. The van der Waals surface area contributed by atoms with Gasteiger partial charge < -0.3 is 30.5 Å². The molecule has 1 fully saturated rings. The van der Waals surface area contributed by atoms with Gasteiger partial charge in [-0.05, 0) is 67.6 Å². The number of likely N-dealkylation sites (N-methyl/N-ethyl adjacent to an activating group) is 1. The van der Waals surface area contributed by atoms with Gasteiger partial charge in [0.05, 0.1) is 25.0 Å². The fourth-order valence-electron chi connectivity index (χ4n) is 5.78. The van der Waals surface area contributed by atoms with Crippen LogP contribution in [0.15, 0.2) is 72.9 Å². The Labute approximate surface area is 269 Å². The largest absolute Gasteiger partial charge is 0.495 e. The highest BCUT2D eigenvalue weighted by Crippen LogP contribution is 2.34. The first-order chi connectivity index (χ1) is 22.3. The maximum Gasteiger partial charge on any atom is 0.330 e. The summed E-state index contributed by atoms with van der Waals surface area (Å²) in [5.74, 6) is 1.52. The predicted molar refractivity (Wildman–Crippen MR) is 183 cm³/mol. The van der Waals surface area contributed by atoms with Gasteiger partial charge in [-0.15, -0.1) is 0 Å². The first-order valence-electron chi connectivity index (χ1n) is 15.4. The zero-order valence-electron chi connectivity index (χ0n) is 26.6. The summed E-state index contributed by atoms with van der Waals surface area (Å²) >= 11 is 0. The molecule has 12 nitrogen and oxygen atoms in total. The van der Waals surface area contributed by atoms with E-state index in [1.165, 1.54) is 10.6 Å². The molecule has 4 aromatic rings. The van der Waals surface area contributed by atoms with Crippen LogP contribution in [0, 0.1) is 6.92 Å². The number of anilines is 7. The third kappa shape index (κ3) is 6.52. The molecule has 0 aliphatic carbocycles. The van der Waals surface area contributed by atoms with Gasteiger partial charge in [-0.1, -0.05) is 25.1 Å². The molecule has 12 heteroatoms. The molecule has 3 N–H and O–H groups in total. The number of para-hydroxylation sites is 2. The SMILES string of the molecule is CCN1CCN(c2ccc(Nc3ncc4c(n3)N(C)C(=O)N(c3cc(NC(=O)Nc5ccccc5OC)ccc3C)C4)cc2)CC1. The molecule has 0 unspecified atom stereocenters. The van der Waals surface area contributed by atoms with Crippen molar-refractivity contribution in [3.05, 3.63) is 84.1 Å². The van der Waals surface area contributed by atoms with Crippen molar-refractivity contribution in [3.63, 3.8) is 0 Å². The Hall–Kier alpha value is -5.36. The molecule has 0 bridgehead atoms. The first kappa shape index (κ1) is 30.7. The Morgan fingerprint density at radius 1 is 0.957 bits per heavy atom. The van der Waals surface area contributed by atoms with Gasteiger partial charge in [0.25, 0.3) is 0 Å². The summed E-state index contributed by atoms with van der Waals surface area (Å²) in [7, 11) is 3.25. The molecule has 2 aliphatic heterocycles. The number of benzene rings is 3. The molecule has 238 valence electrons. The summed E-state index contributed by atoms with van der Waals surface area (Å²) in [4.78, 5) is 43.7. The fraction of sp³-hybridized carbons (Fsp3) is 0.294. The summed E-state index contributed by atoms with van der Waals surface area (Å²) in [6.07, 6.45) is 1.75. The Morgan fingerprint density at radius 2 is 1.70 bits per heavy atom. The average Bonchev–Trinajstić information content (AvgIpc) is 3.08. The summed E-state index contributed by atoms with van der Waals surface area (Å²) in [5.41, 5.74) is 5.53. The topological polar surface area (TPSA) is 118 Å². The smallest absolute Gasteiger partial charge is 0.330 e. The van der Waals surface area contributed by atoms with E-state index in [-0.39, 0.29) is 12.6 Å². The van der Waals surface area contributed by atoms with Crippen molar-refractivity contribution in [1.82, 2.24) is 14.9 Å². The number of urea groups is 2. The second kappa shape index (κ2) is 13.3. The lowest BCUT2D eigenvalue weighted by Crippen LogP contribution is -2.46. The number of piperazine rings is 1. The Kier molecular flexibility index (Phi) is 8.88. The molecule has 0 saturated carbocycles. The minimum atomic E-state index is -0.426. The highest BCUT2D eigenvalue weighted by atomic mass is 16.5. The molecular weight excluding hydrogens is 582 g/mol. The molecule has 2 aliphatic rings. The number of ether oxygens (including phenoxy) is 1. The van der Waals surface area contributed by atoms with Crippen molar-refractivity contribution in [2.45, 2.75) is 20.4 Å². The van der Waals surface area contributed by atoms with Crippen molar-refractivity contribution >= 4 is 52.3 Å². The number of carbonyl (C=O) groups excluding carboxylic acids is 2. The molecule has 0 spiro atoms. The van der Waals surface area contributed by atoms with Crippen molar-refractivity contribution in [2.24, 2.45) is 0 Å². The fourth-order valence-corrected chi connectivity index (χ4v) is 5.78. The molecule has 3 aromatic carbocycles. The van der Waals surface area contributed by atoms with Crippen LogP contribution in [0.5, 0.6) is 5.75 Å². The third-order valence-corrected chi connectivity index (χ3v) is 8.43. The number of hydrogen-bond donors (Lipinski definition) is 3. The van der Waals surface area contributed by atoms with E-state index in [0.29, 0.717) is 34.6 Å². The van der Waals surface area contributed by atoms with Crippen LogP contribution in [-0.4, -0.2) is 73.8 Å². The highest BCUT2D eigenvalue weighted by Gasteiger charge is 2.31. The Balaban J connectivity index is 1.13. The number of hydrogen-bond acceptors (Lipinski definition) is 8. The molecule has 3 heterocycles. The van der Waals surface area contributed by atoms with E-state index >= 15 is 0 Å². The first-order valence-corrected chi connectivity index (χ1v) is 15.4. The molecular formula is C34H39N9O3. The average molecular weight is 622 g/mol. The molecule has 0 atom stereocenters. The van der Waals surface area contributed by atoms with Crippen LogP contribution in [0.4, 0.5) is 49.8 Å².